The molecule has 3 rings (SSSR count). The molecular weight excluding hydrogens is 334 g/mol. The van der Waals surface area contributed by atoms with Crippen molar-refractivity contribution in [2.45, 2.75) is 20.4 Å². The molecule has 4 amide bonds. The van der Waals surface area contributed by atoms with Crippen LogP contribution in [0.15, 0.2) is 30.5 Å². The number of aromatic amines is 1. The molecule has 2 heterocycles. The van der Waals surface area contributed by atoms with Crippen LogP contribution in [-0.4, -0.2) is 22.8 Å². The fourth-order valence-corrected chi connectivity index (χ4v) is 2.88. The first-order valence-corrected chi connectivity index (χ1v) is 8.00. The Morgan fingerprint density at radius 2 is 1.96 bits per heavy atom. The van der Waals surface area contributed by atoms with Crippen molar-refractivity contribution in [2.75, 3.05) is 10.6 Å². The molecule has 0 unspecified atom stereocenters. The molecule has 0 atom stereocenters. The molecule has 1 aliphatic rings. The Balaban J connectivity index is 1.96. The van der Waals surface area contributed by atoms with E-state index in [1.807, 2.05) is 13.0 Å². The smallest absolute Gasteiger partial charge is 0.316 e. The first-order valence-electron chi connectivity index (χ1n) is 8.00. The Hall–Kier alpha value is -3.55. The molecule has 0 saturated carbocycles. The molecule has 26 heavy (non-hydrogen) atoms. The summed E-state index contributed by atoms with van der Waals surface area (Å²) in [4.78, 5) is 37.7. The van der Waals surface area contributed by atoms with Crippen molar-refractivity contribution in [2.24, 2.45) is 5.73 Å². The summed E-state index contributed by atoms with van der Waals surface area (Å²) in [7, 11) is 0. The lowest BCUT2D eigenvalue weighted by atomic mass is 9.99. The number of H-pyrrole nitrogens is 1. The van der Waals surface area contributed by atoms with Crippen LogP contribution in [-0.2, 0) is 16.1 Å². The van der Waals surface area contributed by atoms with Gasteiger partial charge in [0.25, 0.3) is 5.91 Å². The fourth-order valence-electron chi connectivity index (χ4n) is 2.88. The SMILES string of the molecule is CC(=O)NCc1c[nH]c(/C(C)=C2/C(=O)Nc3ccc(NC(N)=O)cc32)c1. The normalized spacial score (nSPS) is 14.5. The third-order valence-corrected chi connectivity index (χ3v) is 4.09. The minimum atomic E-state index is -0.670. The molecular formula is C18H19N5O3. The Bertz CT molecular complexity index is 942. The number of benzene rings is 1. The number of primary amides is 1. The van der Waals surface area contributed by atoms with Crippen LogP contribution in [0.1, 0.15) is 30.7 Å². The third kappa shape index (κ3) is 3.44. The average molecular weight is 353 g/mol. The zero-order chi connectivity index (χ0) is 18.8. The number of allylic oxidation sites excluding steroid dienone is 1. The highest BCUT2D eigenvalue weighted by atomic mass is 16.2. The van der Waals surface area contributed by atoms with E-state index in [4.69, 9.17) is 5.73 Å². The predicted molar refractivity (Wildman–Crippen MR) is 99.1 cm³/mol. The van der Waals surface area contributed by atoms with E-state index in [9.17, 15) is 14.4 Å². The summed E-state index contributed by atoms with van der Waals surface area (Å²) >= 11 is 0. The van der Waals surface area contributed by atoms with E-state index < -0.39 is 6.03 Å². The fraction of sp³-hybridized carbons (Fsp3) is 0.167. The molecule has 0 spiro atoms. The summed E-state index contributed by atoms with van der Waals surface area (Å²) in [6, 6.07) is 6.31. The maximum Gasteiger partial charge on any atom is 0.316 e. The lowest BCUT2D eigenvalue weighted by Crippen LogP contribution is -2.19. The Kier molecular flexibility index (Phi) is 4.49. The highest BCUT2D eigenvalue weighted by molar-refractivity contribution is 6.36. The number of carbonyl (C=O) groups is 3. The van der Waals surface area contributed by atoms with Crippen molar-refractivity contribution >= 4 is 40.4 Å². The van der Waals surface area contributed by atoms with Gasteiger partial charge in [0.2, 0.25) is 5.91 Å². The maximum atomic E-state index is 12.4. The molecule has 1 aromatic carbocycles. The van der Waals surface area contributed by atoms with Crippen LogP contribution in [0.5, 0.6) is 0 Å². The second-order valence-electron chi connectivity index (χ2n) is 6.04. The predicted octanol–water partition coefficient (Wildman–Crippen LogP) is 2.02. The van der Waals surface area contributed by atoms with Crippen molar-refractivity contribution in [3.05, 3.63) is 47.3 Å². The molecule has 1 aliphatic heterocycles. The topological polar surface area (TPSA) is 129 Å². The summed E-state index contributed by atoms with van der Waals surface area (Å²) in [5.74, 6) is -0.326. The number of hydrogen-bond donors (Lipinski definition) is 5. The van der Waals surface area contributed by atoms with E-state index in [1.54, 1.807) is 24.4 Å². The Morgan fingerprint density at radius 1 is 1.19 bits per heavy atom. The second kappa shape index (κ2) is 6.75. The lowest BCUT2D eigenvalue weighted by molar-refractivity contribution is -0.119. The number of aromatic nitrogens is 1. The Labute approximate surface area is 149 Å². The van der Waals surface area contributed by atoms with Gasteiger partial charge in [-0.2, -0.15) is 0 Å². The molecule has 8 nitrogen and oxygen atoms in total. The van der Waals surface area contributed by atoms with Crippen LogP contribution in [0.2, 0.25) is 0 Å². The van der Waals surface area contributed by atoms with Gasteiger partial charge in [-0.05, 0) is 42.3 Å². The monoisotopic (exact) mass is 353 g/mol. The van der Waals surface area contributed by atoms with Gasteiger partial charge in [0.15, 0.2) is 0 Å². The van der Waals surface area contributed by atoms with Crippen LogP contribution in [0.4, 0.5) is 16.2 Å². The Morgan fingerprint density at radius 3 is 2.65 bits per heavy atom. The van der Waals surface area contributed by atoms with Gasteiger partial charge in [0.1, 0.15) is 0 Å². The molecule has 0 saturated heterocycles. The molecule has 0 fully saturated rings. The summed E-state index contributed by atoms with van der Waals surface area (Å²) in [6.07, 6.45) is 1.79. The van der Waals surface area contributed by atoms with E-state index in [1.165, 1.54) is 6.92 Å². The first-order chi connectivity index (χ1) is 12.3. The van der Waals surface area contributed by atoms with Crippen molar-refractivity contribution in [1.29, 1.82) is 0 Å². The van der Waals surface area contributed by atoms with Crippen molar-refractivity contribution in [3.63, 3.8) is 0 Å². The van der Waals surface area contributed by atoms with Crippen molar-refractivity contribution < 1.29 is 14.4 Å². The summed E-state index contributed by atoms with van der Waals surface area (Å²) in [6.45, 7) is 3.70. The molecule has 2 aromatic rings. The van der Waals surface area contributed by atoms with Gasteiger partial charge in [-0.25, -0.2) is 4.79 Å². The van der Waals surface area contributed by atoms with Gasteiger partial charge in [-0.3, -0.25) is 9.59 Å². The largest absolute Gasteiger partial charge is 0.361 e. The summed E-state index contributed by atoms with van der Waals surface area (Å²) < 4.78 is 0. The molecule has 8 heteroatoms. The molecule has 134 valence electrons. The van der Waals surface area contributed by atoms with E-state index >= 15 is 0 Å². The second-order valence-corrected chi connectivity index (χ2v) is 6.04. The zero-order valence-electron chi connectivity index (χ0n) is 14.4. The third-order valence-electron chi connectivity index (χ3n) is 4.09. The minimum absolute atomic E-state index is 0.110. The average Bonchev–Trinajstić information content (AvgIpc) is 3.15. The number of fused-ring (bicyclic) bond motifs is 1. The highest BCUT2D eigenvalue weighted by Gasteiger charge is 2.27. The van der Waals surface area contributed by atoms with Crippen LogP contribution < -0.4 is 21.7 Å². The molecule has 6 N–H and O–H groups in total. The molecule has 1 aromatic heterocycles. The first kappa shape index (κ1) is 17.3. The standard InChI is InChI=1S/C18H19N5O3/c1-9(15-5-11(8-21-15)7-20-10(2)24)16-13-6-12(22-18(19)26)3-4-14(13)23-17(16)25/h3-6,8,21H,7H2,1-2H3,(H,20,24)(H,23,25)(H3,19,22,26)/b16-9+. The van der Waals surface area contributed by atoms with E-state index in [0.717, 1.165) is 16.8 Å². The maximum absolute atomic E-state index is 12.4. The lowest BCUT2D eigenvalue weighted by Gasteiger charge is -2.07. The minimum Gasteiger partial charge on any atom is -0.361 e. The molecule has 0 radical (unpaired) electrons. The van der Waals surface area contributed by atoms with Crippen LogP contribution in [0, 0.1) is 0 Å². The summed E-state index contributed by atoms with van der Waals surface area (Å²) in [5, 5.41) is 8.05. The van der Waals surface area contributed by atoms with E-state index in [0.29, 0.717) is 29.1 Å². The number of nitrogens with two attached hydrogens (primary N) is 1. The van der Waals surface area contributed by atoms with Gasteiger partial charge in [0.05, 0.1) is 5.57 Å². The van der Waals surface area contributed by atoms with Crippen molar-refractivity contribution in [1.82, 2.24) is 10.3 Å². The van der Waals surface area contributed by atoms with Gasteiger partial charge in [-0.15, -0.1) is 0 Å². The zero-order valence-corrected chi connectivity index (χ0v) is 14.4. The number of hydrogen-bond acceptors (Lipinski definition) is 3. The number of rotatable bonds is 4. The van der Waals surface area contributed by atoms with E-state index in [-0.39, 0.29) is 11.8 Å². The summed E-state index contributed by atoms with van der Waals surface area (Å²) in [5.41, 5.74) is 9.97. The van der Waals surface area contributed by atoms with Crippen molar-refractivity contribution in [3.8, 4) is 0 Å². The number of urea groups is 1. The molecule has 0 bridgehead atoms. The van der Waals surface area contributed by atoms with Gasteiger partial charge in [0, 0.05) is 42.3 Å². The number of amides is 4. The van der Waals surface area contributed by atoms with E-state index in [2.05, 4.69) is 20.9 Å². The quantitative estimate of drug-likeness (QED) is 0.539. The number of anilines is 2. The molecule has 0 aliphatic carbocycles. The number of nitrogens with one attached hydrogen (secondary N) is 4. The van der Waals surface area contributed by atoms with Crippen LogP contribution in [0.3, 0.4) is 0 Å². The number of carbonyl (C=O) groups excluding carboxylic acids is 3. The van der Waals surface area contributed by atoms with Crippen LogP contribution in [0.25, 0.3) is 11.1 Å². The van der Waals surface area contributed by atoms with Gasteiger partial charge < -0.3 is 26.7 Å². The van der Waals surface area contributed by atoms with Gasteiger partial charge in [-0.1, -0.05) is 0 Å². The van der Waals surface area contributed by atoms with Gasteiger partial charge >= 0.3 is 6.03 Å². The highest BCUT2D eigenvalue weighted by Crippen LogP contribution is 2.38. The van der Waals surface area contributed by atoms with Crippen LogP contribution >= 0.6 is 0 Å².